The van der Waals surface area contributed by atoms with E-state index in [1.807, 2.05) is 31.2 Å². The van der Waals surface area contributed by atoms with E-state index in [0.29, 0.717) is 29.2 Å². The van der Waals surface area contributed by atoms with Crippen LogP contribution in [0.3, 0.4) is 0 Å². The maximum Gasteiger partial charge on any atom is 0.253 e. The van der Waals surface area contributed by atoms with Crippen LogP contribution in [0.4, 0.5) is 22.7 Å². The summed E-state index contributed by atoms with van der Waals surface area (Å²) in [5, 5.41) is 6.03. The second kappa shape index (κ2) is 9.35. The molecule has 212 valence electrons. The van der Waals surface area contributed by atoms with Crippen LogP contribution >= 0.6 is 0 Å². The first kappa shape index (κ1) is 26.1. The molecular weight excluding hydrogens is 534 g/mol. The summed E-state index contributed by atoms with van der Waals surface area (Å²) in [6, 6.07) is 20.9. The number of carbonyl (C=O) groups is 5. The van der Waals surface area contributed by atoms with Crippen molar-refractivity contribution in [2.45, 2.75) is 31.8 Å². The number of fused-ring (bicyclic) bond motifs is 5. The molecule has 0 aromatic heterocycles. The van der Waals surface area contributed by atoms with Crippen molar-refractivity contribution in [3.05, 3.63) is 83.9 Å². The van der Waals surface area contributed by atoms with Gasteiger partial charge in [0.15, 0.2) is 0 Å². The van der Waals surface area contributed by atoms with Crippen molar-refractivity contribution in [2.24, 2.45) is 11.8 Å². The maximum absolute atomic E-state index is 14.5. The molecule has 0 aliphatic carbocycles. The van der Waals surface area contributed by atoms with Gasteiger partial charge in [-0.25, -0.2) is 4.90 Å². The van der Waals surface area contributed by atoms with E-state index in [-0.39, 0.29) is 24.3 Å². The minimum atomic E-state index is -1.48. The Morgan fingerprint density at radius 3 is 2.36 bits per heavy atom. The zero-order chi connectivity index (χ0) is 29.3. The summed E-state index contributed by atoms with van der Waals surface area (Å²) >= 11 is 0. The normalized spacial score (nSPS) is 25.7. The van der Waals surface area contributed by atoms with Crippen molar-refractivity contribution < 1.29 is 24.0 Å². The van der Waals surface area contributed by atoms with Gasteiger partial charge in [-0.15, -0.1) is 0 Å². The third kappa shape index (κ3) is 3.58. The third-order valence-corrected chi connectivity index (χ3v) is 8.94. The Kier molecular flexibility index (Phi) is 5.81. The Hall–Kier alpha value is -4.83. The first-order chi connectivity index (χ1) is 20.2. The van der Waals surface area contributed by atoms with Crippen molar-refractivity contribution in [3.63, 3.8) is 0 Å². The minimum absolute atomic E-state index is 0.185. The van der Waals surface area contributed by atoms with Crippen LogP contribution in [-0.4, -0.2) is 48.7 Å². The molecule has 2 saturated heterocycles. The highest BCUT2D eigenvalue weighted by molar-refractivity contribution is 6.26. The lowest BCUT2D eigenvalue weighted by Gasteiger charge is -2.30. The van der Waals surface area contributed by atoms with Gasteiger partial charge in [-0.3, -0.25) is 29.3 Å². The number of para-hydroxylation sites is 2. The largest absolute Gasteiger partial charge is 0.326 e. The van der Waals surface area contributed by atoms with Crippen LogP contribution in [0.25, 0.3) is 0 Å². The fraction of sp³-hybridized carbons (Fsp3) is 0.281. The highest BCUT2D eigenvalue weighted by Crippen LogP contribution is 2.55. The van der Waals surface area contributed by atoms with Gasteiger partial charge in [-0.2, -0.15) is 0 Å². The van der Waals surface area contributed by atoms with Gasteiger partial charge in [-0.05, 0) is 55.3 Å². The fourth-order valence-corrected chi connectivity index (χ4v) is 7.24. The summed E-state index contributed by atoms with van der Waals surface area (Å²) in [6.45, 7) is 3.56. The number of amides is 5. The van der Waals surface area contributed by atoms with Gasteiger partial charge in [0.25, 0.3) is 5.91 Å². The summed E-state index contributed by atoms with van der Waals surface area (Å²) in [7, 11) is 0. The molecule has 10 heteroatoms. The Balaban J connectivity index is 1.24. The molecular formula is C32H29N5O5. The van der Waals surface area contributed by atoms with Crippen LogP contribution in [0.15, 0.2) is 72.8 Å². The van der Waals surface area contributed by atoms with E-state index in [1.54, 1.807) is 53.4 Å². The lowest BCUT2D eigenvalue weighted by molar-refractivity contribution is -0.132. The van der Waals surface area contributed by atoms with Crippen LogP contribution < -0.4 is 25.3 Å². The van der Waals surface area contributed by atoms with Crippen LogP contribution in [0.2, 0.25) is 0 Å². The van der Waals surface area contributed by atoms with Crippen molar-refractivity contribution in [2.75, 3.05) is 33.1 Å². The van der Waals surface area contributed by atoms with E-state index in [4.69, 9.17) is 0 Å². The van der Waals surface area contributed by atoms with Crippen molar-refractivity contribution in [3.8, 4) is 0 Å². The predicted molar refractivity (Wildman–Crippen MR) is 156 cm³/mol. The molecule has 4 aliphatic heterocycles. The third-order valence-electron chi connectivity index (χ3n) is 8.94. The predicted octanol–water partition coefficient (Wildman–Crippen LogP) is 2.57. The summed E-state index contributed by atoms with van der Waals surface area (Å²) in [5.74, 6) is -3.48. The van der Waals surface area contributed by atoms with Gasteiger partial charge in [0.05, 0.1) is 17.5 Å². The number of hydrogen-bond donors (Lipinski definition) is 2. The van der Waals surface area contributed by atoms with Gasteiger partial charge in [0.2, 0.25) is 23.6 Å². The monoisotopic (exact) mass is 563 g/mol. The van der Waals surface area contributed by atoms with E-state index in [0.717, 1.165) is 22.6 Å². The summed E-state index contributed by atoms with van der Waals surface area (Å²) in [4.78, 5) is 71.8. The molecule has 7 rings (SSSR count). The summed E-state index contributed by atoms with van der Waals surface area (Å²) < 4.78 is 0. The van der Waals surface area contributed by atoms with Gasteiger partial charge in [-0.1, -0.05) is 36.4 Å². The lowest BCUT2D eigenvalue weighted by atomic mass is 9.76. The second-order valence-corrected chi connectivity index (χ2v) is 11.3. The van der Waals surface area contributed by atoms with E-state index in [9.17, 15) is 24.0 Å². The zero-order valence-electron chi connectivity index (χ0n) is 23.2. The number of benzene rings is 3. The van der Waals surface area contributed by atoms with Gasteiger partial charge < -0.3 is 15.1 Å². The molecule has 4 aliphatic rings. The number of carbonyl (C=O) groups excluding carboxylic acids is 5. The molecule has 0 unspecified atom stereocenters. The van der Waals surface area contributed by atoms with Crippen LogP contribution in [0.1, 0.15) is 25.0 Å². The number of nitrogens with zero attached hydrogens (tertiary/aromatic N) is 3. The average Bonchev–Trinajstić information content (AvgIpc) is 3.68. The SMILES string of the molecule is CC(=O)Nc1ccc(N2C(=O)[C@@H]3[C@H](C)N[C@@]4(C(=O)N(CC(=O)N5CCc6ccccc65)c5ccccc54)[C@@H]3C2=O)cc1. The number of nitrogens with one attached hydrogen (secondary N) is 2. The first-order valence-corrected chi connectivity index (χ1v) is 14.1. The Morgan fingerprint density at radius 1 is 0.929 bits per heavy atom. The minimum Gasteiger partial charge on any atom is -0.326 e. The summed E-state index contributed by atoms with van der Waals surface area (Å²) in [6.07, 6.45) is 0.747. The molecule has 5 amide bonds. The van der Waals surface area contributed by atoms with Crippen LogP contribution in [-0.2, 0) is 35.9 Å². The molecule has 10 nitrogen and oxygen atoms in total. The van der Waals surface area contributed by atoms with E-state index >= 15 is 0 Å². The van der Waals surface area contributed by atoms with E-state index in [1.165, 1.54) is 11.8 Å². The highest BCUT2D eigenvalue weighted by atomic mass is 16.2. The topological polar surface area (TPSA) is 119 Å². The molecule has 4 heterocycles. The van der Waals surface area contributed by atoms with E-state index < -0.39 is 35.2 Å². The van der Waals surface area contributed by atoms with Gasteiger partial charge in [0, 0.05) is 42.1 Å². The summed E-state index contributed by atoms with van der Waals surface area (Å²) in [5.41, 5.74) is 2.51. The van der Waals surface area contributed by atoms with Crippen molar-refractivity contribution in [1.82, 2.24) is 5.32 Å². The molecule has 3 aromatic carbocycles. The van der Waals surface area contributed by atoms with Crippen LogP contribution in [0.5, 0.6) is 0 Å². The Bertz CT molecular complexity index is 1690. The second-order valence-electron chi connectivity index (χ2n) is 11.3. The Labute approximate surface area is 242 Å². The molecule has 0 bridgehead atoms. The quantitative estimate of drug-likeness (QED) is 0.471. The van der Waals surface area contributed by atoms with Crippen molar-refractivity contribution >= 4 is 52.3 Å². The molecule has 0 saturated carbocycles. The highest BCUT2D eigenvalue weighted by Gasteiger charge is 2.71. The molecule has 2 N–H and O–H groups in total. The van der Waals surface area contributed by atoms with E-state index in [2.05, 4.69) is 10.6 Å². The van der Waals surface area contributed by atoms with Gasteiger partial charge in [0.1, 0.15) is 12.1 Å². The van der Waals surface area contributed by atoms with Gasteiger partial charge >= 0.3 is 0 Å². The zero-order valence-corrected chi connectivity index (χ0v) is 23.2. The Morgan fingerprint density at radius 2 is 1.62 bits per heavy atom. The number of rotatable bonds is 4. The number of hydrogen-bond acceptors (Lipinski definition) is 6. The standard InChI is InChI=1S/C32H29N5O5/c1-18-27-28(30(41)37(29(27)40)22-13-11-21(12-14-22)33-19(2)38)32(34-18)23-8-4-6-10-25(23)36(31(32)42)17-26(39)35-16-15-20-7-3-5-9-24(20)35/h3-14,18,27-28,34H,15-17H2,1-2H3,(H,33,38)/t18-,27+,28-,32+/m0/s1. The fourth-order valence-electron chi connectivity index (χ4n) is 7.24. The number of anilines is 4. The first-order valence-electron chi connectivity index (χ1n) is 14.1. The van der Waals surface area contributed by atoms with Crippen molar-refractivity contribution in [1.29, 1.82) is 0 Å². The molecule has 4 atom stereocenters. The smallest absolute Gasteiger partial charge is 0.253 e. The molecule has 42 heavy (non-hydrogen) atoms. The maximum atomic E-state index is 14.5. The van der Waals surface area contributed by atoms with Crippen LogP contribution in [0, 0.1) is 11.8 Å². The molecule has 1 spiro atoms. The average molecular weight is 564 g/mol. The molecule has 3 aromatic rings. The molecule has 2 fully saturated rings. The lowest BCUT2D eigenvalue weighted by Crippen LogP contribution is -2.56. The number of imide groups is 1. The molecule has 0 radical (unpaired) electrons.